The van der Waals surface area contributed by atoms with Gasteiger partial charge in [-0.1, -0.05) is 0 Å². The molecule has 1 aromatic carbocycles. The lowest BCUT2D eigenvalue weighted by Gasteiger charge is -2.36. The van der Waals surface area contributed by atoms with Crippen LogP contribution >= 0.6 is 0 Å². The largest absolute Gasteiger partial charge is 0.478 e. The molecule has 4 nitrogen and oxygen atoms in total. The zero-order valence-electron chi connectivity index (χ0n) is 11.1. The number of halogens is 1. The van der Waals surface area contributed by atoms with Crippen LogP contribution in [0.2, 0.25) is 0 Å². The normalized spacial score (nSPS) is 24.4. The van der Waals surface area contributed by atoms with Crippen LogP contribution in [0.1, 0.15) is 29.8 Å². The summed E-state index contributed by atoms with van der Waals surface area (Å²) in [4.78, 5) is 13.1. The summed E-state index contributed by atoms with van der Waals surface area (Å²) in [5.74, 6) is -1.62. The van der Waals surface area contributed by atoms with Crippen molar-refractivity contribution in [1.29, 1.82) is 0 Å². The Morgan fingerprint density at radius 1 is 1.47 bits per heavy atom. The standard InChI is InChI=1S/C14H18FNO3/c1-9-8-19-10(2)6-16(9)7-11-3-12(14(17)18)5-13(15)4-11/h3-5,9-10H,6-8H2,1-2H3,(H,17,18). The van der Waals surface area contributed by atoms with Crippen LogP contribution in [-0.2, 0) is 11.3 Å². The second-order valence-electron chi connectivity index (χ2n) is 5.08. The van der Waals surface area contributed by atoms with Crippen molar-refractivity contribution in [2.75, 3.05) is 13.2 Å². The van der Waals surface area contributed by atoms with Gasteiger partial charge in [0.2, 0.25) is 0 Å². The fourth-order valence-corrected chi connectivity index (χ4v) is 2.29. The van der Waals surface area contributed by atoms with Gasteiger partial charge in [0.25, 0.3) is 0 Å². The molecule has 104 valence electrons. The Kier molecular flexibility index (Phi) is 4.17. The highest BCUT2D eigenvalue weighted by Gasteiger charge is 2.23. The molecule has 0 radical (unpaired) electrons. The molecule has 0 amide bonds. The Labute approximate surface area is 111 Å². The second kappa shape index (κ2) is 5.67. The molecule has 1 heterocycles. The lowest BCUT2D eigenvalue weighted by Crippen LogP contribution is -2.46. The smallest absolute Gasteiger partial charge is 0.335 e. The number of rotatable bonds is 3. The van der Waals surface area contributed by atoms with E-state index in [-0.39, 0.29) is 17.7 Å². The van der Waals surface area contributed by atoms with Crippen LogP contribution in [0.3, 0.4) is 0 Å². The maximum Gasteiger partial charge on any atom is 0.335 e. The minimum atomic E-state index is -1.11. The van der Waals surface area contributed by atoms with Gasteiger partial charge < -0.3 is 9.84 Å². The van der Waals surface area contributed by atoms with E-state index in [0.29, 0.717) is 18.7 Å². The highest BCUT2D eigenvalue weighted by molar-refractivity contribution is 5.87. The number of aromatic carboxylic acids is 1. The van der Waals surface area contributed by atoms with Gasteiger partial charge in [-0.3, -0.25) is 4.90 Å². The van der Waals surface area contributed by atoms with Crippen molar-refractivity contribution in [3.63, 3.8) is 0 Å². The first-order valence-electron chi connectivity index (χ1n) is 6.34. The minimum Gasteiger partial charge on any atom is -0.478 e. The Morgan fingerprint density at radius 2 is 2.21 bits per heavy atom. The zero-order valence-corrected chi connectivity index (χ0v) is 11.1. The first kappa shape index (κ1) is 14.0. The van der Waals surface area contributed by atoms with Crippen LogP contribution in [0, 0.1) is 5.82 Å². The third-order valence-corrected chi connectivity index (χ3v) is 3.33. The van der Waals surface area contributed by atoms with E-state index in [1.54, 1.807) is 0 Å². The average Bonchev–Trinajstić information content (AvgIpc) is 2.33. The van der Waals surface area contributed by atoms with E-state index in [0.717, 1.165) is 12.6 Å². The van der Waals surface area contributed by atoms with Crippen molar-refractivity contribution >= 4 is 5.97 Å². The Balaban J connectivity index is 2.16. The van der Waals surface area contributed by atoms with E-state index in [9.17, 15) is 9.18 Å². The summed E-state index contributed by atoms with van der Waals surface area (Å²) in [6.07, 6.45) is 0.142. The summed E-state index contributed by atoms with van der Waals surface area (Å²) in [7, 11) is 0. The van der Waals surface area contributed by atoms with Gasteiger partial charge in [-0.15, -0.1) is 0 Å². The van der Waals surface area contributed by atoms with Crippen LogP contribution in [0.4, 0.5) is 4.39 Å². The van der Waals surface area contributed by atoms with Gasteiger partial charge in [-0.05, 0) is 37.6 Å². The van der Waals surface area contributed by atoms with Crippen molar-refractivity contribution in [3.05, 3.63) is 35.1 Å². The molecule has 1 aliphatic rings. The van der Waals surface area contributed by atoms with Gasteiger partial charge >= 0.3 is 5.97 Å². The van der Waals surface area contributed by atoms with Gasteiger partial charge in [0.05, 0.1) is 18.3 Å². The molecule has 1 fully saturated rings. The molecule has 1 N–H and O–H groups in total. The van der Waals surface area contributed by atoms with Crippen LogP contribution < -0.4 is 0 Å². The van der Waals surface area contributed by atoms with Crippen LogP contribution in [0.5, 0.6) is 0 Å². The molecule has 5 heteroatoms. The van der Waals surface area contributed by atoms with Gasteiger partial charge in [-0.2, -0.15) is 0 Å². The van der Waals surface area contributed by atoms with Crippen LogP contribution in [-0.4, -0.2) is 41.3 Å². The van der Waals surface area contributed by atoms with E-state index >= 15 is 0 Å². The molecule has 0 aromatic heterocycles. The van der Waals surface area contributed by atoms with Crippen molar-refractivity contribution in [3.8, 4) is 0 Å². The quantitative estimate of drug-likeness (QED) is 0.911. The number of ether oxygens (including phenoxy) is 1. The van der Waals surface area contributed by atoms with E-state index in [4.69, 9.17) is 9.84 Å². The Bertz CT molecular complexity index is 478. The van der Waals surface area contributed by atoms with Gasteiger partial charge in [0, 0.05) is 19.1 Å². The molecule has 1 aromatic rings. The highest BCUT2D eigenvalue weighted by Crippen LogP contribution is 2.17. The number of benzene rings is 1. The Morgan fingerprint density at radius 3 is 2.89 bits per heavy atom. The molecule has 0 spiro atoms. The van der Waals surface area contributed by atoms with Crippen molar-refractivity contribution in [2.24, 2.45) is 0 Å². The molecule has 0 saturated carbocycles. The topological polar surface area (TPSA) is 49.8 Å². The molecular formula is C14H18FNO3. The molecular weight excluding hydrogens is 249 g/mol. The number of carboxylic acids is 1. The van der Waals surface area contributed by atoms with Crippen molar-refractivity contribution in [2.45, 2.75) is 32.5 Å². The molecule has 2 atom stereocenters. The number of morpholine rings is 1. The summed E-state index contributed by atoms with van der Waals surface area (Å²) in [6, 6.07) is 4.20. The first-order chi connectivity index (χ1) is 8.95. The maximum absolute atomic E-state index is 13.4. The molecule has 0 aliphatic carbocycles. The molecule has 2 rings (SSSR count). The number of carboxylic acid groups (broad SMARTS) is 1. The zero-order chi connectivity index (χ0) is 14.0. The summed E-state index contributed by atoms with van der Waals surface area (Å²) >= 11 is 0. The molecule has 1 saturated heterocycles. The Hall–Kier alpha value is -1.46. The van der Waals surface area contributed by atoms with Crippen molar-refractivity contribution in [1.82, 2.24) is 4.90 Å². The lowest BCUT2D eigenvalue weighted by molar-refractivity contribution is -0.0526. The second-order valence-corrected chi connectivity index (χ2v) is 5.08. The summed E-state index contributed by atoms with van der Waals surface area (Å²) < 4.78 is 18.9. The van der Waals surface area contributed by atoms with Gasteiger partial charge in [0.1, 0.15) is 5.82 Å². The van der Waals surface area contributed by atoms with Gasteiger partial charge in [-0.25, -0.2) is 9.18 Å². The highest BCUT2D eigenvalue weighted by atomic mass is 19.1. The number of hydrogen-bond donors (Lipinski definition) is 1. The van der Waals surface area contributed by atoms with E-state index in [2.05, 4.69) is 4.90 Å². The molecule has 1 aliphatic heterocycles. The van der Waals surface area contributed by atoms with E-state index < -0.39 is 11.8 Å². The van der Waals surface area contributed by atoms with Crippen LogP contribution in [0.25, 0.3) is 0 Å². The predicted octanol–water partition coefficient (Wildman–Crippen LogP) is 2.13. The monoisotopic (exact) mass is 267 g/mol. The number of nitrogens with zero attached hydrogens (tertiary/aromatic N) is 1. The predicted molar refractivity (Wildman–Crippen MR) is 68.6 cm³/mol. The average molecular weight is 267 g/mol. The van der Waals surface area contributed by atoms with Crippen LogP contribution in [0.15, 0.2) is 18.2 Å². The minimum absolute atomic E-state index is 0.0102. The number of hydrogen-bond acceptors (Lipinski definition) is 3. The van der Waals surface area contributed by atoms with Crippen molar-refractivity contribution < 1.29 is 19.0 Å². The molecule has 0 bridgehead atoms. The summed E-state index contributed by atoms with van der Waals surface area (Å²) in [6.45, 7) is 5.98. The fourth-order valence-electron chi connectivity index (χ4n) is 2.29. The third-order valence-electron chi connectivity index (χ3n) is 3.33. The SMILES string of the molecule is CC1CN(Cc2cc(F)cc(C(=O)O)c2)C(C)CO1. The van der Waals surface area contributed by atoms with E-state index in [1.807, 2.05) is 13.8 Å². The molecule has 2 unspecified atom stereocenters. The summed E-state index contributed by atoms with van der Waals surface area (Å²) in [5.41, 5.74) is 0.669. The lowest BCUT2D eigenvalue weighted by atomic mass is 10.1. The third kappa shape index (κ3) is 3.52. The molecule has 19 heavy (non-hydrogen) atoms. The number of carbonyl (C=O) groups is 1. The fraction of sp³-hybridized carbons (Fsp3) is 0.500. The summed E-state index contributed by atoms with van der Waals surface area (Å²) in [5, 5.41) is 8.93. The maximum atomic E-state index is 13.4. The first-order valence-corrected chi connectivity index (χ1v) is 6.34. The van der Waals surface area contributed by atoms with E-state index in [1.165, 1.54) is 12.1 Å². The van der Waals surface area contributed by atoms with Gasteiger partial charge in [0.15, 0.2) is 0 Å².